The number of hydrogen-bond acceptors (Lipinski definition) is 4. The highest BCUT2D eigenvalue weighted by Gasteiger charge is 2.12. The topological polar surface area (TPSA) is 74.0 Å². The van der Waals surface area contributed by atoms with Crippen LogP contribution in [0, 0.1) is 6.92 Å². The van der Waals surface area contributed by atoms with Gasteiger partial charge in [0.25, 0.3) is 5.91 Å². The SMILES string of the molecule is Cc1ccc(Cn2cc(NC(=O)c3ccn(COc4ccc(Cl)cc4Cl)n3)cn2)cc1. The summed E-state index contributed by atoms with van der Waals surface area (Å²) in [6.45, 7) is 2.77. The van der Waals surface area contributed by atoms with Gasteiger partial charge in [0, 0.05) is 17.4 Å². The molecule has 0 unspecified atom stereocenters. The van der Waals surface area contributed by atoms with Gasteiger partial charge in [-0.3, -0.25) is 9.48 Å². The number of hydrogen-bond donors (Lipinski definition) is 1. The van der Waals surface area contributed by atoms with Crippen LogP contribution >= 0.6 is 23.2 Å². The summed E-state index contributed by atoms with van der Waals surface area (Å²) in [6, 6.07) is 14.8. The number of nitrogens with zero attached hydrogens (tertiary/aromatic N) is 4. The van der Waals surface area contributed by atoms with E-state index in [9.17, 15) is 4.79 Å². The third-order valence-corrected chi connectivity index (χ3v) is 5.01. The van der Waals surface area contributed by atoms with Crippen LogP contribution in [0.1, 0.15) is 21.6 Å². The molecule has 0 saturated heterocycles. The van der Waals surface area contributed by atoms with E-state index in [4.69, 9.17) is 27.9 Å². The maximum Gasteiger partial charge on any atom is 0.276 e. The van der Waals surface area contributed by atoms with Crippen LogP contribution in [-0.4, -0.2) is 25.5 Å². The van der Waals surface area contributed by atoms with Crippen molar-refractivity contribution in [1.29, 1.82) is 0 Å². The predicted octanol–water partition coefficient (Wildman–Crippen LogP) is 5.03. The second kappa shape index (κ2) is 9.24. The number of anilines is 1. The Hall–Kier alpha value is -3.29. The number of aromatic nitrogens is 4. The highest BCUT2D eigenvalue weighted by atomic mass is 35.5. The molecule has 0 aliphatic carbocycles. The van der Waals surface area contributed by atoms with Crippen molar-refractivity contribution in [3.05, 3.63) is 94.0 Å². The Morgan fingerprint density at radius 3 is 2.68 bits per heavy atom. The number of amides is 1. The van der Waals surface area contributed by atoms with E-state index in [-0.39, 0.29) is 18.3 Å². The van der Waals surface area contributed by atoms with Crippen LogP contribution in [0.5, 0.6) is 5.75 Å². The molecule has 0 spiro atoms. The van der Waals surface area contributed by atoms with Crippen LogP contribution in [-0.2, 0) is 13.3 Å². The van der Waals surface area contributed by atoms with E-state index >= 15 is 0 Å². The molecule has 4 aromatic rings. The molecule has 31 heavy (non-hydrogen) atoms. The number of nitrogens with one attached hydrogen (secondary N) is 1. The fourth-order valence-electron chi connectivity index (χ4n) is 2.87. The van der Waals surface area contributed by atoms with E-state index in [2.05, 4.69) is 39.8 Å². The van der Waals surface area contributed by atoms with Crippen molar-refractivity contribution in [3.8, 4) is 5.75 Å². The molecule has 0 fully saturated rings. The molecule has 7 nitrogen and oxygen atoms in total. The minimum Gasteiger partial charge on any atom is -0.470 e. The summed E-state index contributed by atoms with van der Waals surface area (Å²) in [5, 5.41) is 12.3. The van der Waals surface area contributed by atoms with Gasteiger partial charge in [0.2, 0.25) is 0 Å². The van der Waals surface area contributed by atoms with Gasteiger partial charge in [0.15, 0.2) is 12.4 Å². The summed E-state index contributed by atoms with van der Waals surface area (Å²) in [6.07, 6.45) is 5.04. The number of carbonyl (C=O) groups excluding carboxylic acids is 1. The lowest BCUT2D eigenvalue weighted by molar-refractivity contribution is 0.102. The lowest BCUT2D eigenvalue weighted by atomic mass is 10.1. The van der Waals surface area contributed by atoms with Crippen LogP contribution in [0.15, 0.2) is 67.1 Å². The summed E-state index contributed by atoms with van der Waals surface area (Å²) in [7, 11) is 0. The Labute approximate surface area is 189 Å². The van der Waals surface area contributed by atoms with Crippen molar-refractivity contribution in [2.24, 2.45) is 0 Å². The van der Waals surface area contributed by atoms with Crippen molar-refractivity contribution in [1.82, 2.24) is 19.6 Å². The molecule has 0 aliphatic heterocycles. The Morgan fingerprint density at radius 1 is 1.10 bits per heavy atom. The molecule has 0 saturated carbocycles. The van der Waals surface area contributed by atoms with Crippen LogP contribution in [0.3, 0.4) is 0 Å². The lowest BCUT2D eigenvalue weighted by Crippen LogP contribution is -2.14. The van der Waals surface area contributed by atoms with E-state index in [1.807, 2.05) is 6.92 Å². The highest BCUT2D eigenvalue weighted by molar-refractivity contribution is 6.35. The predicted molar refractivity (Wildman–Crippen MR) is 120 cm³/mol. The molecule has 0 radical (unpaired) electrons. The third-order valence-electron chi connectivity index (χ3n) is 4.48. The fraction of sp³-hybridized carbons (Fsp3) is 0.136. The molecule has 1 N–H and O–H groups in total. The number of halogens is 2. The molecule has 4 rings (SSSR count). The van der Waals surface area contributed by atoms with Crippen molar-refractivity contribution in [2.75, 3.05) is 5.32 Å². The molecular formula is C22H19Cl2N5O2. The number of benzene rings is 2. The molecule has 9 heteroatoms. The summed E-state index contributed by atoms with van der Waals surface area (Å²) in [5.41, 5.74) is 3.19. The first-order valence-corrected chi connectivity index (χ1v) is 10.2. The monoisotopic (exact) mass is 455 g/mol. The van der Waals surface area contributed by atoms with E-state index < -0.39 is 0 Å². The maximum atomic E-state index is 12.5. The van der Waals surface area contributed by atoms with Gasteiger partial charge in [0.05, 0.1) is 23.5 Å². The van der Waals surface area contributed by atoms with E-state index in [1.165, 1.54) is 10.2 Å². The Kier molecular flexibility index (Phi) is 6.25. The zero-order valence-corrected chi connectivity index (χ0v) is 18.1. The van der Waals surface area contributed by atoms with Crippen molar-refractivity contribution in [3.63, 3.8) is 0 Å². The molecule has 0 atom stereocenters. The van der Waals surface area contributed by atoms with E-state index in [1.54, 1.807) is 47.5 Å². The molecule has 2 aromatic carbocycles. The third kappa shape index (κ3) is 5.45. The average Bonchev–Trinajstić information content (AvgIpc) is 3.39. The van der Waals surface area contributed by atoms with Crippen LogP contribution in [0.2, 0.25) is 10.0 Å². The largest absolute Gasteiger partial charge is 0.470 e. The van der Waals surface area contributed by atoms with E-state index in [0.717, 1.165) is 5.56 Å². The molecule has 2 heterocycles. The Morgan fingerprint density at radius 2 is 1.90 bits per heavy atom. The van der Waals surface area contributed by atoms with Gasteiger partial charge in [-0.15, -0.1) is 0 Å². The smallest absolute Gasteiger partial charge is 0.276 e. The van der Waals surface area contributed by atoms with Gasteiger partial charge in [-0.25, -0.2) is 4.68 Å². The molecule has 0 aliphatic rings. The van der Waals surface area contributed by atoms with Crippen molar-refractivity contribution >= 4 is 34.8 Å². The van der Waals surface area contributed by atoms with Gasteiger partial charge in [-0.05, 0) is 36.8 Å². The quantitative estimate of drug-likeness (QED) is 0.423. The Bertz CT molecular complexity index is 1200. The standard InChI is InChI=1S/C22H19Cl2N5O2/c1-15-2-4-16(5-3-15)12-29-13-18(11-25-29)26-22(30)20-8-9-28(27-20)14-31-21-7-6-17(23)10-19(21)24/h2-11,13H,12,14H2,1H3,(H,26,30). The minimum atomic E-state index is -0.335. The van der Waals surface area contributed by atoms with Gasteiger partial charge in [0.1, 0.15) is 5.75 Å². The summed E-state index contributed by atoms with van der Waals surface area (Å²) < 4.78 is 8.89. The van der Waals surface area contributed by atoms with Crippen LogP contribution in [0.25, 0.3) is 0 Å². The molecular weight excluding hydrogens is 437 g/mol. The number of rotatable bonds is 7. The minimum absolute atomic E-state index is 0.100. The second-order valence-electron chi connectivity index (χ2n) is 6.95. The van der Waals surface area contributed by atoms with Crippen molar-refractivity contribution < 1.29 is 9.53 Å². The molecule has 1 amide bonds. The summed E-state index contributed by atoms with van der Waals surface area (Å²) in [5.74, 6) is 0.145. The second-order valence-corrected chi connectivity index (χ2v) is 7.80. The first-order valence-electron chi connectivity index (χ1n) is 9.47. The summed E-state index contributed by atoms with van der Waals surface area (Å²) >= 11 is 12.0. The van der Waals surface area contributed by atoms with Gasteiger partial charge in [-0.2, -0.15) is 10.2 Å². The lowest BCUT2D eigenvalue weighted by Gasteiger charge is -2.08. The maximum absolute atomic E-state index is 12.5. The Balaban J connectivity index is 1.33. The normalized spacial score (nSPS) is 10.8. The summed E-state index contributed by atoms with van der Waals surface area (Å²) in [4.78, 5) is 12.5. The highest BCUT2D eigenvalue weighted by Crippen LogP contribution is 2.27. The van der Waals surface area contributed by atoms with Gasteiger partial charge >= 0.3 is 0 Å². The van der Waals surface area contributed by atoms with Crippen LogP contribution < -0.4 is 10.1 Å². The van der Waals surface area contributed by atoms with Crippen LogP contribution in [0.4, 0.5) is 5.69 Å². The number of aryl methyl sites for hydroxylation is 1. The first-order chi connectivity index (χ1) is 15.0. The molecule has 0 bridgehead atoms. The zero-order chi connectivity index (χ0) is 21.8. The van der Waals surface area contributed by atoms with Gasteiger partial charge < -0.3 is 10.1 Å². The fourth-order valence-corrected chi connectivity index (χ4v) is 3.34. The van der Waals surface area contributed by atoms with Crippen molar-refractivity contribution in [2.45, 2.75) is 20.2 Å². The van der Waals surface area contributed by atoms with Gasteiger partial charge in [-0.1, -0.05) is 53.0 Å². The average molecular weight is 456 g/mol. The zero-order valence-electron chi connectivity index (χ0n) is 16.6. The van der Waals surface area contributed by atoms with E-state index in [0.29, 0.717) is 28.0 Å². The molecule has 2 aromatic heterocycles. The first kappa shape index (κ1) is 21.0. The number of carbonyl (C=O) groups is 1. The number of ether oxygens (including phenoxy) is 1. The molecule has 158 valence electrons.